The molecule has 0 saturated heterocycles. The average molecular weight is 250 g/mol. The van der Waals surface area contributed by atoms with E-state index < -0.39 is 10.9 Å². The highest BCUT2D eigenvalue weighted by molar-refractivity contribution is 7.84. The van der Waals surface area contributed by atoms with Crippen molar-refractivity contribution in [1.82, 2.24) is 0 Å². The molecule has 7 heteroatoms. The molecule has 0 saturated carbocycles. The predicted molar refractivity (Wildman–Crippen MR) is 64.1 cm³/mol. The molecule has 0 aliphatic rings. The minimum absolute atomic E-state index is 0.315. The predicted octanol–water partition coefficient (Wildman–Crippen LogP) is 0.902. The summed E-state index contributed by atoms with van der Waals surface area (Å²) < 4.78 is 0. The lowest BCUT2D eigenvalue weighted by atomic mass is 10.1. The van der Waals surface area contributed by atoms with Gasteiger partial charge in [-0.3, -0.25) is 0 Å². The van der Waals surface area contributed by atoms with Crippen LogP contribution in [0.5, 0.6) is 0 Å². The van der Waals surface area contributed by atoms with Crippen molar-refractivity contribution < 1.29 is 9.59 Å². The van der Waals surface area contributed by atoms with Crippen LogP contribution in [0.1, 0.15) is 6.42 Å². The van der Waals surface area contributed by atoms with Gasteiger partial charge in [0.25, 0.3) is 0 Å². The first-order chi connectivity index (χ1) is 6.66. The highest BCUT2D eigenvalue weighted by atomic mass is 32.1. The third kappa shape index (κ3) is 3.52. The Labute approximate surface area is 98.5 Å². The number of carbonyl (C=O) groups excluding carboxylic acids is 2. The number of hydrogen-bond acceptors (Lipinski definition) is 7. The molecule has 0 fully saturated rings. The van der Waals surface area contributed by atoms with Crippen LogP contribution in [0.4, 0.5) is 0 Å². The Bertz CT molecular complexity index is 254. The average Bonchev–Trinajstić information content (AvgIpc) is 2.17. The van der Waals surface area contributed by atoms with Gasteiger partial charge in [-0.25, -0.2) is 9.59 Å². The van der Waals surface area contributed by atoms with E-state index in [4.69, 9.17) is 0 Å². The molecule has 0 rings (SSSR count). The minimum Gasteiger partial charge on any atom is -0.211 e. The topological polar surface area (TPSA) is 58.9 Å². The largest absolute Gasteiger partial charge is 0.237 e. The Morgan fingerprint density at radius 1 is 1.21 bits per heavy atom. The van der Waals surface area contributed by atoms with Gasteiger partial charge >= 0.3 is 0 Å². The number of rotatable bonds is 6. The second-order valence-corrected chi connectivity index (χ2v) is 3.89. The van der Waals surface area contributed by atoms with E-state index >= 15 is 0 Å². The first-order valence-electron chi connectivity index (χ1n) is 3.74. The molecule has 0 aromatic carbocycles. The molecular weight excluding hydrogens is 240 g/mol. The maximum atomic E-state index is 10.2. The van der Waals surface area contributed by atoms with Crippen molar-refractivity contribution in [2.45, 2.75) is 17.3 Å². The summed E-state index contributed by atoms with van der Waals surface area (Å²) in [6.45, 7) is 0. The zero-order chi connectivity index (χ0) is 11.0. The molecule has 1 atom stereocenters. The van der Waals surface area contributed by atoms with Gasteiger partial charge in [0.15, 0.2) is 5.66 Å². The number of nitrogens with zero attached hydrogens (tertiary/aromatic N) is 2. The lowest BCUT2D eigenvalue weighted by Gasteiger charge is -2.26. The van der Waals surface area contributed by atoms with Crippen LogP contribution in [-0.4, -0.2) is 34.6 Å². The third-order valence-corrected chi connectivity index (χ3v) is 3.14. The summed E-state index contributed by atoms with van der Waals surface area (Å²) in [5, 5.41) is -0.444. The molecule has 0 aliphatic carbocycles. The molecule has 0 amide bonds. The maximum absolute atomic E-state index is 10.2. The number of isocyanates is 2. The number of hydrogen-bond donors (Lipinski definition) is 3. The minimum atomic E-state index is -1.23. The van der Waals surface area contributed by atoms with E-state index in [-0.39, 0.29) is 0 Å². The van der Waals surface area contributed by atoms with Crippen molar-refractivity contribution in [3.8, 4) is 0 Å². The Hall–Kier alpha value is -0.190. The van der Waals surface area contributed by atoms with Crippen molar-refractivity contribution in [2.24, 2.45) is 9.98 Å². The fraction of sp³-hybridized carbons (Fsp3) is 0.714. The van der Waals surface area contributed by atoms with E-state index in [0.717, 1.165) is 0 Å². The molecule has 0 spiro atoms. The van der Waals surface area contributed by atoms with Crippen LogP contribution in [0.3, 0.4) is 0 Å². The zero-order valence-electron chi connectivity index (χ0n) is 7.25. The van der Waals surface area contributed by atoms with Crippen LogP contribution in [0.25, 0.3) is 0 Å². The lowest BCUT2D eigenvalue weighted by Crippen LogP contribution is -2.37. The van der Waals surface area contributed by atoms with Crippen LogP contribution in [0, 0.1) is 0 Å². The van der Waals surface area contributed by atoms with Crippen molar-refractivity contribution in [3.05, 3.63) is 0 Å². The molecule has 0 heterocycles. The fourth-order valence-corrected chi connectivity index (χ4v) is 1.79. The van der Waals surface area contributed by atoms with Crippen molar-refractivity contribution in [2.75, 3.05) is 11.5 Å². The normalized spacial score (nSPS) is 15.9. The van der Waals surface area contributed by atoms with Crippen LogP contribution in [0.2, 0.25) is 0 Å². The van der Waals surface area contributed by atoms with E-state index in [0.29, 0.717) is 17.9 Å². The number of thiol groups is 3. The summed E-state index contributed by atoms with van der Waals surface area (Å²) in [5.74, 6) is 0.744. The molecule has 0 aromatic rings. The highest BCUT2D eigenvalue weighted by Crippen LogP contribution is 2.27. The smallest absolute Gasteiger partial charge is 0.211 e. The first-order valence-corrected chi connectivity index (χ1v) is 5.53. The molecule has 0 N–H and O–H groups in total. The maximum Gasteiger partial charge on any atom is 0.237 e. The van der Waals surface area contributed by atoms with Crippen LogP contribution < -0.4 is 0 Å². The SMILES string of the molecule is O=C=NC(CCS)(N=C=O)C(S)CS. The van der Waals surface area contributed by atoms with Gasteiger partial charge in [0.1, 0.15) is 0 Å². The summed E-state index contributed by atoms with van der Waals surface area (Å²) in [7, 11) is 0. The quantitative estimate of drug-likeness (QED) is 0.373. The Morgan fingerprint density at radius 2 is 1.71 bits per heavy atom. The van der Waals surface area contributed by atoms with Gasteiger partial charge in [0, 0.05) is 12.2 Å². The molecule has 0 bridgehead atoms. The molecule has 1 unspecified atom stereocenters. The summed E-state index contributed by atoms with van der Waals surface area (Å²) in [5.41, 5.74) is -1.23. The third-order valence-electron chi connectivity index (χ3n) is 1.66. The second kappa shape index (κ2) is 7.15. The Kier molecular flexibility index (Phi) is 7.05. The summed E-state index contributed by atoms with van der Waals surface area (Å²) in [4.78, 5) is 27.4. The van der Waals surface area contributed by atoms with Crippen LogP contribution in [-0.2, 0) is 9.59 Å². The van der Waals surface area contributed by atoms with Crippen molar-refractivity contribution in [3.63, 3.8) is 0 Å². The van der Waals surface area contributed by atoms with Crippen molar-refractivity contribution in [1.29, 1.82) is 0 Å². The van der Waals surface area contributed by atoms with Gasteiger partial charge in [0.2, 0.25) is 12.2 Å². The first kappa shape index (κ1) is 13.8. The lowest BCUT2D eigenvalue weighted by molar-refractivity contribution is 0.428. The monoisotopic (exact) mass is 250 g/mol. The van der Waals surface area contributed by atoms with Gasteiger partial charge in [-0.05, 0) is 5.75 Å². The summed E-state index contributed by atoms with van der Waals surface area (Å²) >= 11 is 12.2. The zero-order valence-corrected chi connectivity index (χ0v) is 9.93. The standard InChI is InChI=1S/C7H10N2O2S3/c10-4-8-7(1-2-12,9-5-11)6(14)3-13/h6,12-14H,1-3H2. The number of aliphatic imine (C=N–C) groups is 2. The molecular formula is C7H10N2O2S3. The van der Waals surface area contributed by atoms with E-state index in [9.17, 15) is 9.59 Å². The summed E-state index contributed by atoms with van der Waals surface area (Å²) in [6.07, 6.45) is 3.07. The van der Waals surface area contributed by atoms with Gasteiger partial charge in [-0.2, -0.15) is 47.9 Å². The highest BCUT2D eigenvalue weighted by Gasteiger charge is 2.35. The Balaban J connectivity index is 5.11. The van der Waals surface area contributed by atoms with Gasteiger partial charge < -0.3 is 0 Å². The van der Waals surface area contributed by atoms with Gasteiger partial charge in [0.05, 0.1) is 5.25 Å². The molecule has 0 aromatic heterocycles. The van der Waals surface area contributed by atoms with Crippen molar-refractivity contribution >= 4 is 50.0 Å². The van der Waals surface area contributed by atoms with Gasteiger partial charge in [-0.15, -0.1) is 0 Å². The molecule has 0 aliphatic heterocycles. The molecule has 78 valence electrons. The second-order valence-electron chi connectivity index (χ2n) is 2.46. The summed E-state index contributed by atoms with van der Waals surface area (Å²) in [6, 6.07) is 0. The van der Waals surface area contributed by atoms with E-state index in [2.05, 4.69) is 47.9 Å². The molecule has 14 heavy (non-hydrogen) atoms. The Morgan fingerprint density at radius 3 is 2.00 bits per heavy atom. The van der Waals surface area contributed by atoms with E-state index in [1.807, 2.05) is 0 Å². The van der Waals surface area contributed by atoms with Crippen LogP contribution in [0.15, 0.2) is 9.98 Å². The van der Waals surface area contributed by atoms with Crippen LogP contribution >= 0.6 is 37.9 Å². The van der Waals surface area contributed by atoms with E-state index in [1.54, 1.807) is 0 Å². The molecule has 0 radical (unpaired) electrons. The van der Waals surface area contributed by atoms with E-state index in [1.165, 1.54) is 12.2 Å². The molecule has 4 nitrogen and oxygen atoms in total. The fourth-order valence-electron chi connectivity index (χ4n) is 0.921. The van der Waals surface area contributed by atoms with Gasteiger partial charge in [-0.1, -0.05) is 0 Å².